The van der Waals surface area contributed by atoms with Crippen LogP contribution in [0.4, 0.5) is 0 Å². The molecule has 0 aromatic carbocycles. The van der Waals surface area contributed by atoms with Crippen molar-refractivity contribution < 1.29 is 9.47 Å². The van der Waals surface area contributed by atoms with Gasteiger partial charge in [0.2, 0.25) is 0 Å². The van der Waals surface area contributed by atoms with E-state index in [9.17, 15) is 0 Å². The smallest absolute Gasteiger partial charge is 0.139 e. The second-order valence-electron chi connectivity index (χ2n) is 3.52. The Morgan fingerprint density at radius 3 is 1.92 bits per heavy atom. The first-order valence-electron chi connectivity index (χ1n) is 3.82. The molecule has 0 heterocycles. The van der Waals surface area contributed by atoms with Crippen molar-refractivity contribution >= 4 is 0 Å². The van der Waals surface area contributed by atoms with Crippen molar-refractivity contribution in [3.8, 4) is 0 Å². The minimum absolute atomic E-state index is 0.0708. The van der Waals surface area contributed by atoms with Gasteiger partial charge < -0.3 is 26.7 Å². The predicted molar refractivity (Wildman–Crippen MR) is 47.0 cm³/mol. The quantitative estimate of drug-likeness (QED) is 0.483. The SMILES string of the molecule is CC(C)(N)OCC(C)(N)OCN. The molecule has 0 saturated heterocycles. The summed E-state index contributed by atoms with van der Waals surface area (Å²) in [6.07, 6.45) is 0. The summed E-state index contributed by atoms with van der Waals surface area (Å²) < 4.78 is 10.2. The number of hydrogen-bond acceptors (Lipinski definition) is 5. The Labute approximate surface area is 73.2 Å². The average Bonchev–Trinajstić information content (AvgIpc) is 1.83. The van der Waals surface area contributed by atoms with E-state index in [1.165, 1.54) is 0 Å². The Balaban J connectivity index is 3.75. The molecule has 1 unspecified atom stereocenters. The van der Waals surface area contributed by atoms with Gasteiger partial charge in [0.15, 0.2) is 0 Å². The lowest BCUT2D eigenvalue weighted by Gasteiger charge is -2.28. The molecule has 0 radical (unpaired) electrons. The molecule has 0 aliphatic heterocycles. The molecule has 0 aromatic rings. The molecule has 0 aromatic heterocycles. The van der Waals surface area contributed by atoms with Gasteiger partial charge in [0.1, 0.15) is 11.4 Å². The summed E-state index contributed by atoms with van der Waals surface area (Å²) in [4.78, 5) is 0. The summed E-state index contributed by atoms with van der Waals surface area (Å²) in [5, 5.41) is 0. The van der Waals surface area contributed by atoms with Gasteiger partial charge >= 0.3 is 0 Å². The van der Waals surface area contributed by atoms with Crippen LogP contribution in [0.25, 0.3) is 0 Å². The van der Waals surface area contributed by atoms with Gasteiger partial charge in [-0.3, -0.25) is 0 Å². The van der Waals surface area contributed by atoms with Crippen molar-refractivity contribution in [1.29, 1.82) is 0 Å². The van der Waals surface area contributed by atoms with E-state index in [2.05, 4.69) is 0 Å². The Bertz CT molecular complexity index is 131. The monoisotopic (exact) mass is 177 g/mol. The van der Waals surface area contributed by atoms with E-state index in [4.69, 9.17) is 26.7 Å². The zero-order valence-electron chi connectivity index (χ0n) is 7.96. The fraction of sp³-hybridized carbons (Fsp3) is 1.00. The summed E-state index contributed by atoms with van der Waals surface area (Å²) in [7, 11) is 0. The number of ether oxygens (including phenoxy) is 2. The average molecular weight is 177 g/mol. The molecule has 1 atom stereocenters. The van der Waals surface area contributed by atoms with E-state index >= 15 is 0 Å². The fourth-order valence-electron chi connectivity index (χ4n) is 0.561. The van der Waals surface area contributed by atoms with Crippen LogP contribution in [0.5, 0.6) is 0 Å². The van der Waals surface area contributed by atoms with E-state index in [1.807, 2.05) is 0 Å². The van der Waals surface area contributed by atoms with Crippen LogP contribution in [-0.2, 0) is 9.47 Å². The van der Waals surface area contributed by atoms with Crippen LogP contribution in [0.3, 0.4) is 0 Å². The van der Waals surface area contributed by atoms with Crippen molar-refractivity contribution in [3.05, 3.63) is 0 Å². The molecule has 0 aliphatic carbocycles. The lowest BCUT2D eigenvalue weighted by Crippen LogP contribution is -2.49. The highest BCUT2D eigenvalue weighted by Gasteiger charge is 2.22. The van der Waals surface area contributed by atoms with Gasteiger partial charge in [0.05, 0.1) is 13.3 Å². The second kappa shape index (κ2) is 4.15. The highest BCUT2D eigenvalue weighted by atomic mass is 16.6. The van der Waals surface area contributed by atoms with Crippen LogP contribution in [0.15, 0.2) is 0 Å². The zero-order valence-corrected chi connectivity index (χ0v) is 7.96. The minimum atomic E-state index is -0.870. The van der Waals surface area contributed by atoms with Crippen LogP contribution in [0, 0.1) is 0 Å². The first kappa shape index (κ1) is 11.8. The maximum absolute atomic E-state index is 5.65. The standard InChI is InChI=1S/C7H19N3O2/c1-6(2,9)11-4-7(3,10)12-5-8/h4-5,8-10H2,1-3H3. The molecule has 0 fully saturated rings. The van der Waals surface area contributed by atoms with Gasteiger partial charge in [-0.25, -0.2) is 0 Å². The largest absolute Gasteiger partial charge is 0.357 e. The molecular weight excluding hydrogens is 158 g/mol. The molecule has 0 spiro atoms. The first-order chi connectivity index (χ1) is 5.27. The van der Waals surface area contributed by atoms with Gasteiger partial charge in [0, 0.05) is 0 Å². The number of hydrogen-bond donors (Lipinski definition) is 3. The molecular formula is C7H19N3O2. The summed E-state index contributed by atoms with van der Waals surface area (Å²) in [6, 6.07) is 0. The summed E-state index contributed by atoms with van der Waals surface area (Å²) >= 11 is 0. The second-order valence-corrected chi connectivity index (χ2v) is 3.52. The fourth-order valence-corrected chi connectivity index (χ4v) is 0.561. The van der Waals surface area contributed by atoms with Crippen molar-refractivity contribution in [2.45, 2.75) is 32.2 Å². The van der Waals surface area contributed by atoms with Crippen LogP contribution >= 0.6 is 0 Å². The zero-order chi connectivity index (χ0) is 9.83. The molecule has 12 heavy (non-hydrogen) atoms. The molecule has 0 rings (SSSR count). The highest BCUT2D eigenvalue weighted by Crippen LogP contribution is 2.06. The van der Waals surface area contributed by atoms with Crippen LogP contribution in [0.1, 0.15) is 20.8 Å². The highest BCUT2D eigenvalue weighted by molar-refractivity contribution is 4.67. The summed E-state index contributed by atoms with van der Waals surface area (Å²) in [5.74, 6) is 0. The van der Waals surface area contributed by atoms with Gasteiger partial charge in [-0.2, -0.15) is 0 Å². The van der Waals surface area contributed by atoms with E-state index in [0.29, 0.717) is 0 Å². The van der Waals surface area contributed by atoms with Crippen molar-refractivity contribution in [2.24, 2.45) is 17.2 Å². The molecule has 74 valence electrons. The molecule has 0 aliphatic rings. The number of nitrogens with two attached hydrogens (primary N) is 3. The van der Waals surface area contributed by atoms with Crippen molar-refractivity contribution in [2.75, 3.05) is 13.3 Å². The van der Waals surface area contributed by atoms with Crippen LogP contribution in [0.2, 0.25) is 0 Å². The molecule has 0 amide bonds. The normalized spacial score (nSPS) is 17.5. The molecule has 6 N–H and O–H groups in total. The van der Waals surface area contributed by atoms with Crippen molar-refractivity contribution in [3.63, 3.8) is 0 Å². The van der Waals surface area contributed by atoms with Gasteiger partial charge in [-0.05, 0) is 20.8 Å². The Kier molecular flexibility index (Phi) is 4.09. The van der Waals surface area contributed by atoms with Crippen LogP contribution < -0.4 is 17.2 Å². The van der Waals surface area contributed by atoms with Gasteiger partial charge in [0.25, 0.3) is 0 Å². The maximum Gasteiger partial charge on any atom is 0.139 e. The Morgan fingerprint density at radius 1 is 1.08 bits per heavy atom. The van der Waals surface area contributed by atoms with Gasteiger partial charge in [-0.15, -0.1) is 0 Å². The third kappa shape index (κ3) is 6.51. The Morgan fingerprint density at radius 2 is 1.58 bits per heavy atom. The lowest BCUT2D eigenvalue weighted by atomic mass is 10.3. The van der Waals surface area contributed by atoms with E-state index in [0.717, 1.165) is 0 Å². The topological polar surface area (TPSA) is 96.5 Å². The summed E-state index contributed by atoms with van der Waals surface area (Å²) in [6.45, 7) is 5.46. The molecule has 0 bridgehead atoms. The predicted octanol–water partition coefficient (Wildman–Crippen LogP) is -0.694. The maximum atomic E-state index is 5.65. The molecule has 5 nitrogen and oxygen atoms in total. The third-order valence-corrected chi connectivity index (χ3v) is 1.14. The first-order valence-corrected chi connectivity index (χ1v) is 3.82. The van der Waals surface area contributed by atoms with Crippen molar-refractivity contribution in [1.82, 2.24) is 0 Å². The molecule has 0 saturated carbocycles. The van der Waals surface area contributed by atoms with E-state index in [-0.39, 0.29) is 13.3 Å². The third-order valence-electron chi connectivity index (χ3n) is 1.14. The van der Waals surface area contributed by atoms with E-state index < -0.39 is 11.4 Å². The number of rotatable bonds is 5. The van der Waals surface area contributed by atoms with E-state index in [1.54, 1.807) is 20.8 Å². The Hall–Kier alpha value is -0.200. The summed E-state index contributed by atoms with van der Waals surface area (Å²) in [5.41, 5.74) is 14.8. The lowest BCUT2D eigenvalue weighted by molar-refractivity contribution is -0.122. The van der Waals surface area contributed by atoms with Gasteiger partial charge in [-0.1, -0.05) is 0 Å². The molecule has 5 heteroatoms. The minimum Gasteiger partial charge on any atom is -0.357 e. The van der Waals surface area contributed by atoms with Crippen LogP contribution in [-0.4, -0.2) is 24.8 Å².